The fourth-order valence-electron chi connectivity index (χ4n) is 2.58. The molecule has 0 aliphatic heterocycles. The predicted octanol–water partition coefficient (Wildman–Crippen LogP) is 3.86. The zero-order chi connectivity index (χ0) is 15.7. The van der Waals surface area contributed by atoms with Crippen molar-refractivity contribution >= 4 is 17.3 Å². The maximum absolute atomic E-state index is 12.6. The van der Waals surface area contributed by atoms with E-state index in [-0.39, 0.29) is 27.0 Å². The van der Waals surface area contributed by atoms with Crippen LogP contribution in [-0.4, -0.2) is 5.91 Å². The summed E-state index contributed by atoms with van der Waals surface area (Å²) >= 11 is 0. The van der Waals surface area contributed by atoms with Gasteiger partial charge in [-0.2, -0.15) is 18.2 Å². The minimum Gasteiger partial charge on any atom is -0.448 e. The fourth-order valence-corrected chi connectivity index (χ4v) is 2.58. The first-order valence-electron chi connectivity index (χ1n) is 6.98. The van der Waals surface area contributed by atoms with E-state index in [4.69, 9.17) is 5.73 Å². The number of carbonyl (C=O) groups excluding carboxylic acids is 1. The van der Waals surface area contributed by atoms with E-state index in [9.17, 15) is 4.79 Å². The molecule has 0 spiro atoms. The van der Waals surface area contributed by atoms with E-state index in [1.807, 2.05) is 13.8 Å². The fraction of sp³-hybridized carbons (Fsp3) is 0.278. The molecule has 116 valence electrons. The first kappa shape index (κ1) is 18.4. The van der Waals surface area contributed by atoms with E-state index >= 15 is 0 Å². The van der Waals surface area contributed by atoms with Crippen molar-refractivity contribution in [3.63, 3.8) is 0 Å². The quantitative estimate of drug-likeness (QED) is 0.523. The van der Waals surface area contributed by atoms with E-state index in [1.165, 1.54) is 5.56 Å². The third-order valence-corrected chi connectivity index (χ3v) is 4.37. The van der Waals surface area contributed by atoms with Crippen LogP contribution in [0.4, 0.5) is 11.4 Å². The summed E-state index contributed by atoms with van der Waals surface area (Å²) in [6, 6.07) is 8.03. The Labute approximate surface area is 146 Å². The van der Waals surface area contributed by atoms with Gasteiger partial charge in [0.25, 0.3) is 5.91 Å². The Morgan fingerprint density at radius 1 is 1.00 bits per heavy atom. The van der Waals surface area contributed by atoms with Crippen LogP contribution in [0.15, 0.2) is 18.2 Å². The number of rotatable bonds is 2. The number of carbonyl (C=O) groups is 1. The molecule has 0 heterocycles. The molecule has 1 amide bonds. The van der Waals surface area contributed by atoms with Crippen molar-refractivity contribution in [3.05, 3.63) is 57.6 Å². The molecule has 2 rings (SSSR count). The summed E-state index contributed by atoms with van der Waals surface area (Å²) < 4.78 is 0. The van der Waals surface area contributed by atoms with Crippen LogP contribution in [0.5, 0.6) is 0 Å². The van der Waals surface area contributed by atoms with Crippen LogP contribution < -0.4 is 11.1 Å². The first-order valence-corrected chi connectivity index (χ1v) is 6.98. The number of anilines is 2. The standard InChI is InChI=1S/C18H21N2O.W/c1-10-11(2)13(4)17(14(5)12(10)3)18(21)20-16-9-7-6-8-15(16)19;/h7-9H,19H2,1-5H3,(H,20,21);/q-1;. The monoisotopic (exact) mass is 465 g/mol. The van der Waals surface area contributed by atoms with Crippen LogP contribution in [-0.2, 0) is 21.1 Å². The summed E-state index contributed by atoms with van der Waals surface area (Å²) in [7, 11) is 0. The predicted molar refractivity (Wildman–Crippen MR) is 87.8 cm³/mol. The van der Waals surface area contributed by atoms with Crippen molar-refractivity contribution < 1.29 is 25.9 Å². The molecule has 0 atom stereocenters. The summed E-state index contributed by atoms with van der Waals surface area (Å²) in [6.07, 6.45) is 0. The molecule has 0 aromatic heterocycles. The van der Waals surface area contributed by atoms with Crippen molar-refractivity contribution in [2.45, 2.75) is 34.6 Å². The van der Waals surface area contributed by atoms with Gasteiger partial charge in [-0.3, -0.25) is 4.79 Å². The molecule has 3 N–H and O–H groups in total. The summed E-state index contributed by atoms with van der Waals surface area (Å²) in [5, 5.41) is 2.90. The van der Waals surface area contributed by atoms with Crippen LogP contribution in [0.2, 0.25) is 0 Å². The molecule has 0 unspecified atom stereocenters. The molecule has 0 saturated carbocycles. The first-order chi connectivity index (χ1) is 9.84. The molecule has 2 aromatic rings. The second-order valence-electron chi connectivity index (χ2n) is 5.47. The third-order valence-electron chi connectivity index (χ3n) is 4.37. The maximum atomic E-state index is 12.6. The van der Waals surface area contributed by atoms with Crippen LogP contribution in [0.1, 0.15) is 38.2 Å². The Balaban J connectivity index is 0.00000242. The van der Waals surface area contributed by atoms with Crippen molar-refractivity contribution in [1.82, 2.24) is 0 Å². The molecule has 2 aromatic carbocycles. The minimum absolute atomic E-state index is 0. The average Bonchev–Trinajstić information content (AvgIpc) is 2.46. The van der Waals surface area contributed by atoms with Gasteiger partial charge in [0.2, 0.25) is 0 Å². The summed E-state index contributed by atoms with van der Waals surface area (Å²) in [4.78, 5) is 12.6. The molecule has 0 bridgehead atoms. The third kappa shape index (κ3) is 3.25. The normalized spacial score (nSPS) is 10.0. The van der Waals surface area contributed by atoms with Crippen molar-refractivity contribution in [3.8, 4) is 0 Å². The summed E-state index contributed by atoms with van der Waals surface area (Å²) in [6.45, 7) is 10.2. The van der Waals surface area contributed by atoms with Gasteiger partial charge in [-0.1, -0.05) is 5.69 Å². The number of hydrogen-bond donors (Lipinski definition) is 2. The number of nitrogen functional groups attached to an aromatic ring is 1. The van der Waals surface area contributed by atoms with Crippen LogP contribution in [0.3, 0.4) is 0 Å². The molecule has 0 aliphatic rings. The largest absolute Gasteiger partial charge is 0.448 e. The van der Waals surface area contributed by atoms with E-state index < -0.39 is 0 Å². The Morgan fingerprint density at radius 3 is 2.00 bits per heavy atom. The number of nitrogens with two attached hydrogens (primary N) is 1. The van der Waals surface area contributed by atoms with Gasteiger partial charge in [0.05, 0.1) is 0 Å². The van der Waals surface area contributed by atoms with Gasteiger partial charge in [-0.15, -0.1) is 6.07 Å². The zero-order valence-electron chi connectivity index (χ0n) is 13.6. The molecule has 0 fully saturated rings. The van der Waals surface area contributed by atoms with Crippen molar-refractivity contribution in [1.29, 1.82) is 0 Å². The SMILES string of the molecule is Cc1c(C)c(C)c(C(=O)Nc2cc[c-]cc2N)c(C)c1C.[W]. The van der Waals surface area contributed by atoms with Crippen LogP contribution in [0.25, 0.3) is 0 Å². The Hall–Kier alpha value is -1.60. The molecule has 0 radical (unpaired) electrons. The Bertz CT molecular complexity index is 694. The van der Waals surface area contributed by atoms with Crippen molar-refractivity contribution in [2.75, 3.05) is 11.1 Å². The number of benzene rings is 2. The number of amides is 1. The van der Waals surface area contributed by atoms with E-state index in [2.05, 4.69) is 32.2 Å². The van der Waals surface area contributed by atoms with Crippen LogP contribution in [0, 0.1) is 40.7 Å². The molecule has 3 nitrogen and oxygen atoms in total. The topological polar surface area (TPSA) is 55.1 Å². The summed E-state index contributed by atoms with van der Waals surface area (Å²) in [5.41, 5.74) is 13.4. The molecule has 0 saturated heterocycles. The van der Waals surface area contributed by atoms with E-state index in [0.29, 0.717) is 11.4 Å². The second-order valence-corrected chi connectivity index (χ2v) is 5.47. The van der Waals surface area contributed by atoms with Gasteiger partial charge >= 0.3 is 0 Å². The van der Waals surface area contributed by atoms with Gasteiger partial charge in [0, 0.05) is 26.6 Å². The van der Waals surface area contributed by atoms with E-state index in [0.717, 1.165) is 27.8 Å². The molecule has 0 aliphatic carbocycles. The minimum atomic E-state index is -0.117. The second kappa shape index (κ2) is 7.11. The van der Waals surface area contributed by atoms with Crippen molar-refractivity contribution in [2.24, 2.45) is 0 Å². The van der Waals surface area contributed by atoms with Gasteiger partial charge in [-0.05, 0) is 68.1 Å². The molecule has 4 heteroatoms. The Morgan fingerprint density at radius 2 is 1.50 bits per heavy atom. The maximum Gasteiger partial charge on any atom is 0.254 e. The molecular formula is C18H21N2OW-. The van der Waals surface area contributed by atoms with Crippen LogP contribution >= 0.6 is 0 Å². The smallest absolute Gasteiger partial charge is 0.254 e. The Kier molecular flexibility index (Phi) is 5.96. The summed E-state index contributed by atoms with van der Waals surface area (Å²) in [5.74, 6) is -0.117. The zero-order valence-corrected chi connectivity index (χ0v) is 16.6. The van der Waals surface area contributed by atoms with Gasteiger partial charge in [-0.25, -0.2) is 0 Å². The van der Waals surface area contributed by atoms with E-state index in [1.54, 1.807) is 18.2 Å². The average molecular weight is 465 g/mol. The number of nitrogens with one attached hydrogen (secondary N) is 1. The number of hydrogen-bond acceptors (Lipinski definition) is 2. The van der Waals surface area contributed by atoms with Gasteiger partial charge in [0.1, 0.15) is 0 Å². The van der Waals surface area contributed by atoms with Gasteiger partial charge < -0.3 is 11.1 Å². The van der Waals surface area contributed by atoms with Gasteiger partial charge in [0.15, 0.2) is 0 Å². The molecular weight excluding hydrogens is 444 g/mol. The molecule has 22 heavy (non-hydrogen) atoms.